The van der Waals surface area contributed by atoms with Gasteiger partial charge in [0.2, 0.25) is 0 Å². The first kappa shape index (κ1) is 17.8. The van der Waals surface area contributed by atoms with Crippen molar-refractivity contribution >= 4 is 17.6 Å². The molecular formula is C20H24ClN3O. The molecule has 1 aliphatic rings. The number of likely N-dealkylation sites (tertiary alicyclic amines) is 1. The Bertz CT molecular complexity index is 684. The minimum Gasteiger partial charge on any atom is -0.335 e. The van der Waals surface area contributed by atoms with Gasteiger partial charge in [-0.25, -0.2) is 4.79 Å². The molecule has 0 spiro atoms. The second-order valence-electron chi connectivity index (χ2n) is 6.45. The van der Waals surface area contributed by atoms with Gasteiger partial charge in [0.05, 0.1) is 0 Å². The molecule has 0 radical (unpaired) electrons. The van der Waals surface area contributed by atoms with Crippen LogP contribution in [-0.2, 0) is 13.1 Å². The largest absolute Gasteiger partial charge is 0.335 e. The zero-order chi connectivity index (χ0) is 17.5. The van der Waals surface area contributed by atoms with E-state index in [0.717, 1.165) is 38.0 Å². The van der Waals surface area contributed by atoms with Crippen LogP contribution >= 0.6 is 11.6 Å². The molecule has 0 unspecified atom stereocenters. The van der Waals surface area contributed by atoms with Gasteiger partial charge in [-0.15, -0.1) is 0 Å². The average Bonchev–Trinajstić information content (AvgIpc) is 2.64. The van der Waals surface area contributed by atoms with Crippen LogP contribution in [-0.4, -0.2) is 30.1 Å². The molecule has 2 N–H and O–H groups in total. The molecule has 1 aliphatic heterocycles. The highest BCUT2D eigenvalue weighted by Gasteiger charge is 2.20. The maximum atomic E-state index is 12.1. The Labute approximate surface area is 154 Å². The number of nitrogens with one attached hydrogen (secondary N) is 2. The van der Waals surface area contributed by atoms with E-state index in [1.807, 2.05) is 30.3 Å². The fourth-order valence-corrected chi connectivity index (χ4v) is 3.33. The average molecular weight is 358 g/mol. The normalized spacial score (nSPS) is 15.7. The Hall–Kier alpha value is -2.04. The molecule has 4 nitrogen and oxygen atoms in total. The first-order chi connectivity index (χ1) is 12.2. The maximum Gasteiger partial charge on any atom is 0.315 e. The summed E-state index contributed by atoms with van der Waals surface area (Å²) < 4.78 is 0. The summed E-state index contributed by atoms with van der Waals surface area (Å²) in [4.78, 5) is 14.5. The molecule has 1 saturated heterocycles. The Morgan fingerprint density at radius 3 is 2.44 bits per heavy atom. The number of nitrogens with zero attached hydrogens (tertiary/aromatic N) is 1. The van der Waals surface area contributed by atoms with Gasteiger partial charge in [-0.05, 0) is 30.0 Å². The lowest BCUT2D eigenvalue weighted by Gasteiger charge is -2.32. The van der Waals surface area contributed by atoms with Crippen LogP contribution in [0.5, 0.6) is 0 Å². The van der Waals surface area contributed by atoms with Gasteiger partial charge in [0.25, 0.3) is 0 Å². The number of amides is 2. The number of benzene rings is 2. The van der Waals surface area contributed by atoms with E-state index in [-0.39, 0.29) is 12.1 Å². The molecule has 1 heterocycles. The van der Waals surface area contributed by atoms with Gasteiger partial charge >= 0.3 is 6.03 Å². The lowest BCUT2D eigenvalue weighted by molar-refractivity contribution is 0.186. The Morgan fingerprint density at radius 1 is 1.04 bits per heavy atom. The number of hydrogen-bond donors (Lipinski definition) is 2. The smallest absolute Gasteiger partial charge is 0.315 e. The standard InChI is InChI=1S/C20H24ClN3O/c21-19-9-5-4-8-17(19)14-22-20(25)23-18-10-12-24(13-11-18)15-16-6-2-1-3-7-16/h1-9,18H,10-15H2,(H2,22,23,25). The van der Waals surface area contributed by atoms with Crippen molar-refractivity contribution < 1.29 is 4.79 Å². The van der Waals surface area contributed by atoms with Gasteiger partial charge in [0.1, 0.15) is 0 Å². The summed E-state index contributed by atoms with van der Waals surface area (Å²) in [6.45, 7) is 3.43. The summed E-state index contributed by atoms with van der Waals surface area (Å²) in [6.07, 6.45) is 1.96. The predicted molar refractivity (Wildman–Crippen MR) is 102 cm³/mol. The van der Waals surface area contributed by atoms with Crippen LogP contribution in [0.25, 0.3) is 0 Å². The van der Waals surface area contributed by atoms with Crippen molar-refractivity contribution in [1.82, 2.24) is 15.5 Å². The number of piperidine rings is 1. The van der Waals surface area contributed by atoms with Crippen molar-refractivity contribution in [2.75, 3.05) is 13.1 Å². The van der Waals surface area contributed by atoms with E-state index in [9.17, 15) is 4.79 Å². The molecule has 5 heteroatoms. The van der Waals surface area contributed by atoms with E-state index in [0.29, 0.717) is 11.6 Å². The highest BCUT2D eigenvalue weighted by atomic mass is 35.5. The monoisotopic (exact) mass is 357 g/mol. The third-order valence-electron chi connectivity index (χ3n) is 4.57. The van der Waals surface area contributed by atoms with Crippen LogP contribution in [0.15, 0.2) is 54.6 Å². The highest BCUT2D eigenvalue weighted by molar-refractivity contribution is 6.31. The minimum atomic E-state index is -0.124. The Morgan fingerprint density at radius 2 is 1.72 bits per heavy atom. The summed E-state index contributed by atoms with van der Waals surface area (Å²) in [5, 5.41) is 6.64. The fraction of sp³-hybridized carbons (Fsp3) is 0.350. The van der Waals surface area contributed by atoms with Crippen LogP contribution in [0.4, 0.5) is 4.79 Å². The van der Waals surface area contributed by atoms with Crippen molar-refractivity contribution in [3.05, 3.63) is 70.7 Å². The zero-order valence-corrected chi connectivity index (χ0v) is 15.0. The quantitative estimate of drug-likeness (QED) is 0.854. The molecule has 25 heavy (non-hydrogen) atoms. The van der Waals surface area contributed by atoms with Crippen molar-refractivity contribution in [1.29, 1.82) is 0 Å². The van der Waals surface area contributed by atoms with E-state index in [1.54, 1.807) is 0 Å². The van der Waals surface area contributed by atoms with Crippen LogP contribution in [0.3, 0.4) is 0 Å². The maximum absolute atomic E-state index is 12.1. The van der Waals surface area contributed by atoms with Crippen LogP contribution in [0.1, 0.15) is 24.0 Å². The summed E-state index contributed by atoms with van der Waals surface area (Å²) >= 11 is 6.10. The first-order valence-corrected chi connectivity index (χ1v) is 9.12. The Balaban J connectivity index is 1.38. The van der Waals surface area contributed by atoms with E-state index in [2.05, 4.69) is 39.8 Å². The lowest BCUT2D eigenvalue weighted by Crippen LogP contribution is -2.47. The zero-order valence-electron chi connectivity index (χ0n) is 14.2. The molecule has 1 fully saturated rings. The van der Waals surface area contributed by atoms with E-state index >= 15 is 0 Å². The van der Waals surface area contributed by atoms with Crippen molar-refractivity contribution in [3.8, 4) is 0 Å². The first-order valence-electron chi connectivity index (χ1n) is 8.75. The molecule has 0 bridgehead atoms. The second kappa shape index (κ2) is 8.88. The van der Waals surface area contributed by atoms with Gasteiger partial charge in [0.15, 0.2) is 0 Å². The minimum absolute atomic E-state index is 0.124. The summed E-state index contributed by atoms with van der Waals surface area (Å²) in [5.41, 5.74) is 2.27. The molecule has 0 atom stereocenters. The number of carbonyl (C=O) groups is 1. The van der Waals surface area contributed by atoms with Gasteiger partial charge < -0.3 is 10.6 Å². The number of hydrogen-bond acceptors (Lipinski definition) is 2. The van der Waals surface area contributed by atoms with Crippen LogP contribution in [0.2, 0.25) is 5.02 Å². The lowest BCUT2D eigenvalue weighted by atomic mass is 10.0. The molecule has 2 aromatic rings. The molecule has 2 amide bonds. The SMILES string of the molecule is O=C(NCc1ccccc1Cl)NC1CCN(Cc2ccccc2)CC1. The summed E-state index contributed by atoms with van der Waals surface area (Å²) in [6, 6.07) is 18.2. The fourth-order valence-electron chi connectivity index (χ4n) is 3.13. The predicted octanol–water partition coefficient (Wildman–Crippen LogP) is 3.80. The van der Waals surface area contributed by atoms with Gasteiger partial charge in [-0.3, -0.25) is 4.90 Å². The van der Waals surface area contributed by atoms with Crippen LogP contribution < -0.4 is 10.6 Å². The number of carbonyl (C=O) groups excluding carboxylic acids is 1. The summed E-state index contributed by atoms with van der Waals surface area (Å²) in [5.74, 6) is 0. The van der Waals surface area contributed by atoms with E-state index in [4.69, 9.17) is 11.6 Å². The number of halogens is 1. The number of urea groups is 1. The van der Waals surface area contributed by atoms with E-state index in [1.165, 1.54) is 5.56 Å². The van der Waals surface area contributed by atoms with Gasteiger partial charge in [0, 0.05) is 37.2 Å². The summed E-state index contributed by atoms with van der Waals surface area (Å²) in [7, 11) is 0. The second-order valence-corrected chi connectivity index (χ2v) is 6.86. The highest BCUT2D eigenvalue weighted by Crippen LogP contribution is 2.15. The van der Waals surface area contributed by atoms with Crippen molar-refractivity contribution in [3.63, 3.8) is 0 Å². The molecule has 3 rings (SSSR count). The molecule has 2 aromatic carbocycles. The molecule has 0 saturated carbocycles. The van der Waals surface area contributed by atoms with Crippen molar-refractivity contribution in [2.45, 2.75) is 32.0 Å². The van der Waals surface area contributed by atoms with E-state index < -0.39 is 0 Å². The molecule has 132 valence electrons. The van der Waals surface area contributed by atoms with Crippen molar-refractivity contribution in [2.24, 2.45) is 0 Å². The number of rotatable bonds is 5. The van der Waals surface area contributed by atoms with Gasteiger partial charge in [-0.2, -0.15) is 0 Å². The Kier molecular flexibility index (Phi) is 6.31. The third-order valence-corrected chi connectivity index (χ3v) is 4.94. The third kappa shape index (κ3) is 5.48. The molecular weight excluding hydrogens is 334 g/mol. The molecule has 0 aromatic heterocycles. The van der Waals surface area contributed by atoms with Crippen LogP contribution in [0, 0.1) is 0 Å². The topological polar surface area (TPSA) is 44.4 Å². The van der Waals surface area contributed by atoms with Gasteiger partial charge in [-0.1, -0.05) is 60.1 Å². The molecule has 0 aliphatic carbocycles.